The summed E-state index contributed by atoms with van der Waals surface area (Å²) in [6.07, 6.45) is -4.32. The summed E-state index contributed by atoms with van der Waals surface area (Å²) in [5.74, 6) is -4.27. The Balaban J connectivity index is 0.000000360. The lowest BCUT2D eigenvalue weighted by Gasteiger charge is -2.48. The molecule has 4 rings (SSSR count). The number of hydrogen-bond donors (Lipinski definition) is 4. The van der Waals surface area contributed by atoms with Gasteiger partial charge in [-0.1, -0.05) is 11.8 Å². The van der Waals surface area contributed by atoms with E-state index in [0.29, 0.717) is 23.0 Å². The summed E-state index contributed by atoms with van der Waals surface area (Å²) in [6.45, 7) is 0.523. The van der Waals surface area contributed by atoms with Crippen LogP contribution >= 0.6 is 11.8 Å². The number of nitrogens with zero attached hydrogens (tertiary/aromatic N) is 5. The van der Waals surface area contributed by atoms with E-state index in [1.54, 1.807) is 0 Å². The summed E-state index contributed by atoms with van der Waals surface area (Å²) in [6, 6.07) is -0.416. The predicted molar refractivity (Wildman–Crippen MR) is 96.6 cm³/mol. The van der Waals surface area contributed by atoms with E-state index in [0.717, 1.165) is 6.42 Å². The molecule has 2 saturated heterocycles. The van der Waals surface area contributed by atoms with Gasteiger partial charge in [-0.05, 0) is 29.0 Å². The van der Waals surface area contributed by atoms with Crippen LogP contribution in [0.5, 0.6) is 0 Å². The molecule has 3 aliphatic rings. The first-order valence-corrected chi connectivity index (χ1v) is 9.92. The van der Waals surface area contributed by atoms with Crippen molar-refractivity contribution in [3.8, 4) is 0 Å². The third-order valence-electron chi connectivity index (χ3n) is 4.97. The van der Waals surface area contributed by atoms with E-state index in [1.165, 1.54) is 21.3 Å². The minimum Gasteiger partial charge on any atom is -0.477 e. The highest BCUT2D eigenvalue weighted by atomic mass is 32.2. The van der Waals surface area contributed by atoms with Crippen molar-refractivity contribution in [2.45, 2.75) is 36.4 Å². The molecular formula is C15H16F3N7O6S. The Morgan fingerprint density at radius 3 is 2.50 bits per heavy atom. The number of carboxylic acids is 2. The lowest BCUT2D eigenvalue weighted by atomic mass is 9.80. The topological polar surface area (TPSA) is 194 Å². The van der Waals surface area contributed by atoms with Gasteiger partial charge in [-0.3, -0.25) is 14.5 Å². The number of carboxylic acid groups (broad SMARTS) is 2. The van der Waals surface area contributed by atoms with Crippen molar-refractivity contribution in [1.29, 1.82) is 0 Å². The van der Waals surface area contributed by atoms with Crippen LogP contribution in [0, 0.1) is 5.92 Å². The van der Waals surface area contributed by atoms with Gasteiger partial charge in [0.05, 0.1) is 6.04 Å². The maximum absolute atomic E-state index is 12.2. The van der Waals surface area contributed by atoms with Crippen LogP contribution in [0.2, 0.25) is 0 Å². The van der Waals surface area contributed by atoms with E-state index < -0.39 is 24.0 Å². The van der Waals surface area contributed by atoms with Crippen LogP contribution in [0.3, 0.4) is 0 Å². The first-order chi connectivity index (χ1) is 14.9. The van der Waals surface area contributed by atoms with Gasteiger partial charge in [-0.25, -0.2) is 14.3 Å². The first kappa shape index (κ1) is 23.5. The quantitative estimate of drug-likeness (QED) is 0.272. The highest BCUT2D eigenvalue weighted by molar-refractivity contribution is 7.99. The SMILES string of the molecule is NC(=O)Cn1nnnc1SCC1=C(C(=O)O)N2C(=O)[C@H]3NCCC1[C@H]32.O=C(O)C(F)(F)F. The number of amides is 2. The zero-order valence-corrected chi connectivity index (χ0v) is 16.8. The van der Waals surface area contributed by atoms with Gasteiger partial charge in [-0.2, -0.15) is 13.2 Å². The number of hydrogen-bond acceptors (Lipinski definition) is 9. The van der Waals surface area contributed by atoms with E-state index >= 15 is 0 Å². The number of piperidine rings is 1. The average Bonchev–Trinajstić information content (AvgIpc) is 3.26. The molecule has 0 aromatic carbocycles. The second-order valence-electron chi connectivity index (χ2n) is 6.88. The Bertz CT molecular complexity index is 996. The Morgan fingerprint density at radius 2 is 1.94 bits per heavy atom. The summed E-state index contributed by atoms with van der Waals surface area (Å²) in [5, 5.41) is 31.3. The number of nitrogens with two attached hydrogens (primary N) is 1. The second kappa shape index (κ2) is 8.73. The molecule has 0 aliphatic carbocycles. The van der Waals surface area contributed by atoms with Crippen molar-refractivity contribution in [2.75, 3.05) is 12.3 Å². The molecule has 1 aromatic rings. The molecule has 0 saturated carbocycles. The minimum atomic E-state index is -5.08. The molecule has 1 unspecified atom stereocenters. The van der Waals surface area contributed by atoms with Crippen LogP contribution in [0.1, 0.15) is 6.42 Å². The molecule has 4 heterocycles. The molecule has 0 spiro atoms. The van der Waals surface area contributed by atoms with E-state index in [-0.39, 0.29) is 36.2 Å². The predicted octanol–water partition coefficient (Wildman–Crippen LogP) is -1.57. The highest BCUT2D eigenvalue weighted by Crippen LogP contribution is 2.47. The number of tetrazole rings is 1. The van der Waals surface area contributed by atoms with E-state index in [1.807, 2.05) is 0 Å². The van der Waals surface area contributed by atoms with E-state index in [4.69, 9.17) is 15.6 Å². The van der Waals surface area contributed by atoms with Crippen molar-refractivity contribution < 1.29 is 42.6 Å². The fourth-order valence-electron chi connectivity index (χ4n) is 3.77. The molecule has 0 radical (unpaired) electrons. The Kier molecular flexibility index (Phi) is 6.40. The minimum absolute atomic E-state index is 0.0167. The lowest BCUT2D eigenvalue weighted by Crippen LogP contribution is -2.71. The van der Waals surface area contributed by atoms with Crippen LogP contribution in [0.4, 0.5) is 13.2 Å². The molecule has 2 amide bonds. The molecule has 3 atom stereocenters. The summed E-state index contributed by atoms with van der Waals surface area (Å²) in [4.78, 5) is 45.3. The van der Waals surface area contributed by atoms with Gasteiger partial charge in [0.15, 0.2) is 0 Å². The molecule has 13 nitrogen and oxygen atoms in total. The summed E-state index contributed by atoms with van der Waals surface area (Å²) in [7, 11) is 0. The first-order valence-electron chi connectivity index (χ1n) is 8.93. The summed E-state index contributed by atoms with van der Waals surface area (Å²) < 4.78 is 33.0. The smallest absolute Gasteiger partial charge is 0.477 e. The van der Waals surface area contributed by atoms with Gasteiger partial charge in [0.25, 0.3) is 0 Å². The summed E-state index contributed by atoms with van der Waals surface area (Å²) >= 11 is 1.23. The number of aliphatic carboxylic acids is 2. The van der Waals surface area contributed by atoms with Crippen molar-refractivity contribution >= 4 is 35.5 Å². The second-order valence-corrected chi connectivity index (χ2v) is 7.82. The number of halogens is 3. The molecular weight excluding hydrogens is 463 g/mol. The van der Waals surface area contributed by atoms with Gasteiger partial charge in [0.1, 0.15) is 18.3 Å². The highest BCUT2D eigenvalue weighted by Gasteiger charge is 2.60. The van der Waals surface area contributed by atoms with Gasteiger partial charge >= 0.3 is 18.1 Å². The number of β-lactam (4-membered cyclic amide) rings is 1. The third kappa shape index (κ3) is 4.38. The van der Waals surface area contributed by atoms with Crippen LogP contribution in [0.25, 0.3) is 0 Å². The molecule has 5 N–H and O–H groups in total. The van der Waals surface area contributed by atoms with Gasteiger partial charge in [-0.15, -0.1) is 5.10 Å². The normalized spacial score (nSPS) is 23.8. The van der Waals surface area contributed by atoms with Crippen LogP contribution in [0.15, 0.2) is 16.4 Å². The fourth-order valence-corrected chi connectivity index (χ4v) is 4.75. The van der Waals surface area contributed by atoms with Gasteiger partial charge in [0, 0.05) is 11.7 Å². The Labute approximate surface area is 180 Å². The number of rotatable bonds is 6. The van der Waals surface area contributed by atoms with Crippen molar-refractivity contribution in [1.82, 2.24) is 30.4 Å². The molecule has 2 fully saturated rings. The number of alkyl halides is 3. The monoisotopic (exact) mass is 479 g/mol. The van der Waals surface area contributed by atoms with Crippen molar-refractivity contribution in [2.24, 2.45) is 11.7 Å². The van der Waals surface area contributed by atoms with E-state index in [9.17, 15) is 32.7 Å². The van der Waals surface area contributed by atoms with Gasteiger partial charge in [0.2, 0.25) is 17.0 Å². The number of aromatic nitrogens is 4. The van der Waals surface area contributed by atoms with Crippen LogP contribution in [-0.4, -0.2) is 89.6 Å². The van der Waals surface area contributed by atoms with Crippen molar-refractivity contribution in [3.63, 3.8) is 0 Å². The summed E-state index contributed by atoms with van der Waals surface area (Å²) in [5.41, 5.74) is 5.94. The molecule has 17 heteroatoms. The number of primary amides is 1. The van der Waals surface area contributed by atoms with Gasteiger partial charge < -0.3 is 21.3 Å². The maximum atomic E-state index is 12.2. The molecule has 174 valence electrons. The van der Waals surface area contributed by atoms with E-state index in [2.05, 4.69) is 20.8 Å². The van der Waals surface area contributed by atoms with Crippen LogP contribution in [-0.2, 0) is 25.7 Å². The fraction of sp³-hybridized carbons (Fsp3) is 0.533. The molecule has 1 aromatic heterocycles. The number of carbonyl (C=O) groups excluding carboxylic acids is 2. The zero-order chi connectivity index (χ0) is 23.8. The number of thioether (sulfide) groups is 1. The van der Waals surface area contributed by atoms with Crippen LogP contribution < -0.4 is 11.1 Å². The molecule has 32 heavy (non-hydrogen) atoms. The zero-order valence-electron chi connectivity index (χ0n) is 15.9. The number of nitrogens with one attached hydrogen (secondary N) is 1. The van der Waals surface area contributed by atoms with Crippen molar-refractivity contribution in [3.05, 3.63) is 11.3 Å². The number of carbonyl (C=O) groups is 4. The average molecular weight is 479 g/mol. The lowest BCUT2D eigenvalue weighted by molar-refractivity contribution is -0.192. The molecule has 0 bridgehead atoms. The molecule has 3 aliphatic heterocycles. The maximum Gasteiger partial charge on any atom is 0.490 e. The Morgan fingerprint density at radius 1 is 1.28 bits per heavy atom. The third-order valence-corrected chi connectivity index (χ3v) is 5.98. The Hall–Kier alpha value is -3.21. The standard InChI is InChI=1S/C13H15N7O4S.C2HF3O2/c14-7(21)3-19-13(16-17-18-19)25-4-6-5-1-2-15-8-9(5)20(11(8)22)10(6)12(23)24;3-2(4,5)1(6)7/h5,8-9,15H,1-4H2,(H2,14,21)(H,23,24);(H,6,7)/t5?,8-,9+;/m0./s1. The largest absolute Gasteiger partial charge is 0.490 e.